The minimum absolute atomic E-state index is 0.0810. The van der Waals surface area contributed by atoms with E-state index in [0.29, 0.717) is 5.76 Å². The highest BCUT2D eigenvalue weighted by atomic mass is 19.4. The normalized spacial score (nSPS) is 23.6. The van der Waals surface area contributed by atoms with Gasteiger partial charge in [0, 0.05) is 6.42 Å². The van der Waals surface area contributed by atoms with E-state index in [2.05, 4.69) is 0 Å². The molecule has 13 heavy (non-hydrogen) atoms. The summed E-state index contributed by atoms with van der Waals surface area (Å²) in [4.78, 5) is 0. The second-order valence-electron chi connectivity index (χ2n) is 3.02. The van der Waals surface area contributed by atoms with E-state index in [1.54, 1.807) is 6.92 Å². The first-order valence-electron chi connectivity index (χ1n) is 3.94. The fourth-order valence-corrected chi connectivity index (χ4v) is 1.25. The largest absolute Gasteiger partial charge is 0.501 e. The quantitative estimate of drug-likeness (QED) is 0.620. The van der Waals surface area contributed by atoms with Gasteiger partial charge in [-0.2, -0.15) is 13.2 Å². The maximum atomic E-state index is 12.2. The average molecular weight is 192 g/mol. The molecule has 1 aliphatic rings. The number of alkyl halides is 3. The van der Waals surface area contributed by atoms with Crippen LogP contribution in [0, 0.1) is 5.92 Å². The highest BCUT2D eigenvalue weighted by molar-refractivity contribution is 5.26. The van der Waals surface area contributed by atoms with Crippen molar-refractivity contribution in [3.8, 4) is 0 Å². The van der Waals surface area contributed by atoms with Gasteiger partial charge in [0.2, 0.25) is 0 Å². The monoisotopic (exact) mass is 192 g/mol. The standard InChI is InChI=1S/C9H11F3O/c1-6-3-4-7(9(10,11)12)5-8(6)13-2/h3-4,7H,5H2,1-2H3. The molecule has 0 aromatic heterocycles. The van der Waals surface area contributed by atoms with Crippen LogP contribution in [0.4, 0.5) is 13.2 Å². The summed E-state index contributed by atoms with van der Waals surface area (Å²) in [5.41, 5.74) is 0.767. The molecule has 0 saturated carbocycles. The number of rotatable bonds is 1. The van der Waals surface area contributed by atoms with E-state index < -0.39 is 12.1 Å². The van der Waals surface area contributed by atoms with Crippen molar-refractivity contribution in [2.75, 3.05) is 7.11 Å². The van der Waals surface area contributed by atoms with E-state index in [1.165, 1.54) is 19.3 Å². The third kappa shape index (κ3) is 2.26. The Hall–Kier alpha value is -0.930. The Bertz CT molecular complexity index is 250. The molecule has 0 aliphatic heterocycles. The molecule has 0 fully saturated rings. The minimum atomic E-state index is -4.17. The Kier molecular flexibility index (Phi) is 2.68. The van der Waals surface area contributed by atoms with Crippen molar-refractivity contribution in [3.05, 3.63) is 23.5 Å². The number of ether oxygens (including phenoxy) is 1. The summed E-state index contributed by atoms with van der Waals surface area (Å²) < 4.78 is 41.6. The molecule has 0 radical (unpaired) electrons. The summed E-state index contributed by atoms with van der Waals surface area (Å²) in [6.07, 6.45) is -1.61. The molecule has 0 aromatic rings. The Morgan fingerprint density at radius 2 is 2.08 bits per heavy atom. The number of methoxy groups -OCH3 is 1. The molecule has 0 saturated heterocycles. The van der Waals surface area contributed by atoms with Crippen LogP contribution >= 0.6 is 0 Å². The van der Waals surface area contributed by atoms with Crippen molar-refractivity contribution in [1.29, 1.82) is 0 Å². The second kappa shape index (κ2) is 3.44. The Morgan fingerprint density at radius 3 is 2.54 bits per heavy atom. The van der Waals surface area contributed by atoms with Gasteiger partial charge in [-0.15, -0.1) is 0 Å². The van der Waals surface area contributed by atoms with E-state index in [0.717, 1.165) is 5.57 Å². The maximum absolute atomic E-state index is 12.2. The van der Waals surface area contributed by atoms with Crippen molar-refractivity contribution in [2.24, 2.45) is 5.92 Å². The Balaban J connectivity index is 2.78. The first kappa shape index (κ1) is 10.2. The van der Waals surface area contributed by atoms with Crippen molar-refractivity contribution < 1.29 is 17.9 Å². The zero-order valence-corrected chi connectivity index (χ0v) is 7.48. The van der Waals surface area contributed by atoms with E-state index >= 15 is 0 Å². The van der Waals surface area contributed by atoms with E-state index in [9.17, 15) is 13.2 Å². The topological polar surface area (TPSA) is 9.23 Å². The smallest absolute Gasteiger partial charge is 0.395 e. The van der Waals surface area contributed by atoms with Gasteiger partial charge in [0.15, 0.2) is 0 Å². The maximum Gasteiger partial charge on any atom is 0.395 e. The van der Waals surface area contributed by atoms with Crippen LogP contribution in [-0.4, -0.2) is 13.3 Å². The van der Waals surface area contributed by atoms with Crippen molar-refractivity contribution >= 4 is 0 Å². The van der Waals surface area contributed by atoms with Crippen molar-refractivity contribution in [1.82, 2.24) is 0 Å². The molecule has 0 aromatic carbocycles. The number of halogens is 3. The number of allylic oxidation sites excluding steroid dienone is 4. The molecule has 0 N–H and O–H groups in total. The summed E-state index contributed by atoms with van der Waals surface area (Å²) in [5, 5.41) is 0. The lowest BCUT2D eigenvalue weighted by atomic mass is 9.95. The van der Waals surface area contributed by atoms with Crippen LogP contribution in [0.15, 0.2) is 23.5 Å². The summed E-state index contributed by atoms with van der Waals surface area (Å²) in [6.45, 7) is 1.74. The zero-order valence-electron chi connectivity index (χ0n) is 7.48. The third-order valence-corrected chi connectivity index (χ3v) is 2.09. The van der Waals surface area contributed by atoms with Crippen LogP contribution in [0.2, 0.25) is 0 Å². The van der Waals surface area contributed by atoms with Crippen LogP contribution in [0.5, 0.6) is 0 Å². The lowest BCUT2D eigenvalue weighted by Crippen LogP contribution is -2.23. The molecule has 1 atom stereocenters. The molecule has 74 valence electrons. The van der Waals surface area contributed by atoms with Gasteiger partial charge in [0.05, 0.1) is 18.8 Å². The summed E-state index contributed by atoms with van der Waals surface area (Å²) >= 11 is 0. The minimum Gasteiger partial charge on any atom is -0.501 e. The Labute approximate surface area is 74.9 Å². The van der Waals surface area contributed by atoms with Gasteiger partial charge in [0.1, 0.15) is 0 Å². The highest BCUT2D eigenvalue weighted by Gasteiger charge is 2.39. The SMILES string of the molecule is COC1=C(C)C=CC(C(F)(F)F)C1. The lowest BCUT2D eigenvalue weighted by molar-refractivity contribution is -0.162. The fraction of sp³-hybridized carbons (Fsp3) is 0.556. The molecular formula is C9H11F3O. The molecule has 4 heteroatoms. The van der Waals surface area contributed by atoms with E-state index in [-0.39, 0.29) is 6.42 Å². The second-order valence-corrected chi connectivity index (χ2v) is 3.02. The summed E-state index contributed by atoms with van der Waals surface area (Å²) in [5.74, 6) is -0.976. The molecular weight excluding hydrogens is 181 g/mol. The zero-order chi connectivity index (χ0) is 10.1. The first-order chi connectivity index (χ1) is 5.95. The molecule has 0 heterocycles. The third-order valence-electron chi connectivity index (χ3n) is 2.09. The molecule has 0 amide bonds. The predicted molar refractivity (Wildman–Crippen MR) is 43.0 cm³/mol. The van der Waals surface area contributed by atoms with E-state index in [1.807, 2.05) is 0 Å². The van der Waals surface area contributed by atoms with Crippen LogP contribution < -0.4 is 0 Å². The highest BCUT2D eigenvalue weighted by Crippen LogP contribution is 2.36. The molecule has 1 unspecified atom stereocenters. The van der Waals surface area contributed by atoms with Crippen LogP contribution in [-0.2, 0) is 4.74 Å². The molecule has 0 bridgehead atoms. The first-order valence-corrected chi connectivity index (χ1v) is 3.94. The van der Waals surface area contributed by atoms with Gasteiger partial charge in [-0.3, -0.25) is 0 Å². The predicted octanol–water partition coefficient (Wildman–Crippen LogP) is 3.05. The van der Waals surface area contributed by atoms with Crippen LogP contribution in [0.3, 0.4) is 0 Å². The summed E-state index contributed by atoms with van der Waals surface area (Å²) in [7, 11) is 1.39. The van der Waals surface area contributed by atoms with Gasteiger partial charge in [-0.1, -0.05) is 12.2 Å². The van der Waals surface area contributed by atoms with Gasteiger partial charge in [-0.25, -0.2) is 0 Å². The van der Waals surface area contributed by atoms with Gasteiger partial charge in [0.25, 0.3) is 0 Å². The van der Waals surface area contributed by atoms with E-state index in [4.69, 9.17) is 4.74 Å². The van der Waals surface area contributed by atoms with Crippen molar-refractivity contribution in [2.45, 2.75) is 19.5 Å². The van der Waals surface area contributed by atoms with Gasteiger partial charge >= 0.3 is 6.18 Å². The molecule has 0 spiro atoms. The van der Waals surface area contributed by atoms with Crippen LogP contribution in [0.25, 0.3) is 0 Å². The van der Waals surface area contributed by atoms with Gasteiger partial charge in [-0.05, 0) is 12.5 Å². The molecule has 1 nitrogen and oxygen atoms in total. The fourth-order valence-electron chi connectivity index (χ4n) is 1.25. The number of hydrogen-bond donors (Lipinski definition) is 0. The number of hydrogen-bond acceptors (Lipinski definition) is 1. The molecule has 1 aliphatic carbocycles. The van der Waals surface area contributed by atoms with Gasteiger partial charge < -0.3 is 4.74 Å². The van der Waals surface area contributed by atoms with Crippen LogP contribution in [0.1, 0.15) is 13.3 Å². The lowest BCUT2D eigenvalue weighted by Gasteiger charge is -2.22. The molecule has 1 rings (SSSR count). The summed E-state index contributed by atoms with van der Waals surface area (Å²) in [6, 6.07) is 0. The Morgan fingerprint density at radius 1 is 1.46 bits per heavy atom. The van der Waals surface area contributed by atoms with Crippen molar-refractivity contribution in [3.63, 3.8) is 0 Å². The average Bonchev–Trinajstić information content (AvgIpc) is 2.03.